The van der Waals surface area contributed by atoms with Gasteiger partial charge in [0, 0.05) is 6.42 Å². The molecule has 0 aromatic carbocycles. The highest BCUT2D eigenvalue weighted by Gasteiger charge is 2.08. The van der Waals surface area contributed by atoms with Crippen LogP contribution in [0.5, 0.6) is 0 Å². The van der Waals surface area contributed by atoms with Crippen LogP contribution in [-0.2, 0) is 23.9 Å². The summed E-state index contributed by atoms with van der Waals surface area (Å²) in [5.41, 5.74) is 0. The van der Waals surface area contributed by atoms with Crippen LogP contribution in [0.15, 0.2) is 0 Å². The molecule has 0 fully saturated rings. The van der Waals surface area contributed by atoms with E-state index in [-0.39, 0.29) is 24.6 Å². The predicted molar refractivity (Wildman–Crippen MR) is 74.1 cm³/mol. The molecule has 0 rings (SSSR count). The van der Waals surface area contributed by atoms with Crippen molar-refractivity contribution in [3.63, 3.8) is 0 Å². The van der Waals surface area contributed by atoms with Crippen molar-refractivity contribution in [2.24, 2.45) is 0 Å². The summed E-state index contributed by atoms with van der Waals surface area (Å²) in [7, 11) is 0. The number of carbonyl (C=O) groups excluding carboxylic acids is 3. The standard InChI is InChI=1S/C7H14O3.C7H12O3/c2*1-3-6(8)5-7(9)10-4-2/h6,8H,3-5H2,1-2H3;3-5H2,1-2H3/t6-;/m1./s1. The second-order valence-corrected chi connectivity index (χ2v) is 3.95. The maximum Gasteiger partial charge on any atom is 0.313 e. The number of ketones is 1. The summed E-state index contributed by atoms with van der Waals surface area (Å²) in [5, 5.41) is 8.95. The highest BCUT2D eigenvalue weighted by molar-refractivity contribution is 5.95. The normalized spacial score (nSPS) is 10.8. The molecule has 0 radical (unpaired) electrons. The van der Waals surface area contributed by atoms with E-state index in [0.29, 0.717) is 26.1 Å². The summed E-state index contributed by atoms with van der Waals surface area (Å²) in [5.74, 6) is -0.815. The molecular formula is C14H26O6. The number of Topliss-reactive ketones (excluding diaryl/α,β-unsaturated/α-hetero) is 1. The van der Waals surface area contributed by atoms with Gasteiger partial charge in [-0.05, 0) is 20.3 Å². The number of hydrogen-bond acceptors (Lipinski definition) is 6. The van der Waals surface area contributed by atoms with Gasteiger partial charge in [0.2, 0.25) is 0 Å². The first-order chi connectivity index (χ1) is 9.40. The van der Waals surface area contributed by atoms with Crippen molar-refractivity contribution in [2.75, 3.05) is 13.2 Å². The van der Waals surface area contributed by atoms with E-state index in [0.717, 1.165) is 0 Å². The Balaban J connectivity index is 0. The molecule has 0 aromatic rings. The first-order valence-electron chi connectivity index (χ1n) is 6.92. The number of aliphatic hydroxyl groups is 1. The number of hydrogen-bond donors (Lipinski definition) is 1. The minimum absolute atomic E-state index is 0.0709. The lowest BCUT2D eigenvalue weighted by Crippen LogP contribution is -2.14. The summed E-state index contributed by atoms with van der Waals surface area (Å²) in [4.78, 5) is 31.8. The van der Waals surface area contributed by atoms with Gasteiger partial charge in [-0.3, -0.25) is 14.4 Å². The minimum atomic E-state index is -0.543. The molecule has 1 atom stereocenters. The molecule has 0 saturated carbocycles. The van der Waals surface area contributed by atoms with Gasteiger partial charge in [0.15, 0.2) is 0 Å². The highest BCUT2D eigenvalue weighted by atomic mass is 16.5. The Bertz CT molecular complexity index is 287. The predicted octanol–water partition coefficient (Wildman–Crippen LogP) is 1.63. The number of aliphatic hydroxyl groups excluding tert-OH is 1. The quantitative estimate of drug-likeness (QED) is 0.540. The third-order valence-corrected chi connectivity index (χ3v) is 2.22. The van der Waals surface area contributed by atoms with Crippen LogP contribution in [0.4, 0.5) is 0 Å². The largest absolute Gasteiger partial charge is 0.466 e. The van der Waals surface area contributed by atoms with Gasteiger partial charge < -0.3 is 14.6 Å². The molecule has 20 heavy (non-hydrogen) atoms. The van der Waals surface area contributed by atoms with Gasteiger partial charge in [-0.2, -0.15) is 0 Å². The van der Waals surface area contributed by atoms with E-state index in [2.05, 4.69) is 9.47 Å². The number of ether oxygens (including phenoxy) is 2. The lowest BCUT2D eigenvalue weighted by atomic mass is 10.2. The van der Waals surface area contributed by atoms with Crippen LogP contribution < -0.4 is 0 Å². The Labute approximate surface area is 120 Å². The molecule has 118 valence electrons. The molecule has 0 unspecified atom stereocenters. The Morgan fingerprint density at radius 2 is 1.45 bits per heavy atom. The summed E-state index contributed by atoms with van der Waals surface area (Å²) >= 11 is 0. The third kappa shape index (κ3) is 14.6. The van der Waals surface area contributed by atoms with Crippen molar-refractivity contribution in [2.45, 2.75) is 59.5 Å². The average molecular weight is 290 g/mol. The fourth-order valence-corrected chi connectivity index (χ4v) is 1.05. The Morgan fingerprint density at radius 3 is 1.85 bits per heavy atom. The maximum atomic E-state index is 10.6. The van der Waals surface area contributed by atoms with Gasteiger partial charge in [-0.1, -0.05) is 13.8 Å². The van der Waals surface area contributed by atoms with E-state index in [4.69, 9.17) is 5.11 Å². The van der Waals surface area contributed by atoms with Crippen LogP contribution in [-0.4, -0.2) is 42.1 Å². The number of rotatable bonds is 8. The van der Waals surface area contributed by atoms with Crippen LogP contribution in [0.2, 0.25) is 0 Å². The van der Waals surface area contributed by atoms with Gasteiger partial charge in [-0.25, -0.2) is 0 Å². The maximum absolute atomic E-state index is 10.6. The Morgan fingerprint density at radius 1 is 0.950 bits per heavy atom. The van der Waals surface area contributed by atoms with E-state index in [1.165, 1.54) is 0 Å². The molecule has 0 heterocycles. The zero-order valence-electron chi connectivity index (χ0n) is 12.8. The van der Waals surface area contributed by atoms with Gasteiger partial charge in [0.25, 0.3) is 0 Å². The topological polar surface area (TPSA) is 89.9 Å². The zero-order chi connectivity index (χ0) is 16.0. The summed E-state index contributed by atoms with van der Waals surface area (Å²) in [6.07, 6.45) is 0.491. The number of esters is 2. The van der Waals surface area contributed by atoms with Crippen molar-refractivity contribution >= 4 is 17.7 Å². The molecule has 0 amide bonds. The van der Waals surface area contributed by atoms with Crippen LogP contribution >= 0.6 is 0 Å². The van der Waals surface area contributed by atoms with E-state index in [1.807, 2.05) is 6.92 Å². The molecule has 0 aliphatic rings. The minimum Gasteiger partial charge on any atom is -0.466 e. The van der Waals surface area contributed by atoms with Crippen molar-refractivity contribution < 1.29 is 29.0 Å². The monoisotopic (exact) mass is 290 g/mol. The van der Waals surface area contributed by atoms with Gasteiger partial charge in [0.05, 0.1) is 25.7 Å². The van der Waals surface area contributed by atoms with Crippen LogP contribution in [0.25, 0.3) is 0 Å². The van der Waals surface area contributed by atoms with E-state index < -0.39 is 12.1 Å². The van der Waals surface area contributed by atoms with Crippen molar-refractivity contribution in [1.82, 2.24) is 0 Å². The van der Waals surface area contributed by atoms with Crippen molar-refractivity contribution in [3.8, 4) is 0 Å². The summed E-state index contributed by atoms with van der Waals surface area (Å²) in [6.45, 7) is 7.74. The second kappa shape index (κ2) is 14.0. The zero-order valence-corrected chi connectivity index (χ0v) is 12.8. The Hall–Kier alpha value is -1.43. The van der Waals surface area contributed by atoms with Gasteiger partial charge in [-0.15, -0.1) is 0 Å². The molecule has 0 spiro atoms. The highest BCUT2D eigenvalue weighted by Crippen LogP contribution is 1.97. The molecule has 1 N–H and O–H groups in total. The fourth-order valence-electron chi connectivity index (χ4n) is 1.05. The van der Waals surface area contributed by atoms with Crippen molar-refractivity contribution in [3.05, 3.63) is 0 Å². The van der Waals surface area contributed by atoms with Crippen LogP contribution in [0.1, 0.15) is 53.4 Å². The lowest BCUT2D eigenvalue weighted by molar-refractivity contribution is -0.146. The second-order valence-electron chi connectivity index (χ2n) is 3.95. The van der Waals surface area contributed by atoms with Crippen molar-refractivity contribution in [1.29, 1.82) is 0 Å². The Kier molecular flexibility index (Phi) is 14.6. The lowest BCUT2D eigenvalue weighted by Gasteiger charge is -2.05. The van der Waals surface area contributed by atoms with Gasteiger partial charge in [0.1, 0.15) is 12.2 Å². The molecule has 0 aliphatic carbocycles. The molecule has 6 heteroatoms. The first-order valence-corrected chi connectivity index (χ1v) is 6.92. The third-order valence-electron chi connectivity index (χ3n) is 2.22. The molecule has 6 nitrogen and oxygen atoms in total. The average Bonchev–Trinajstić information content (AvgIpc) is 2.39. The molecule has 0 aromatic heterocycles. The van der Waals surface area contributed by atoms with E-state index in [9.17, 15) is 14.4 Å². The fraction of sp³-hybridized carbons (Fsp3) is 0.786. The molecule has 0 saturated heterocycles. The van der Waals surface area contributed by atoms with Crippen LogP contribution in [0, 0.1) is 0 Å². The molecular weight excluding hydrogens is 264 g/mol. The number of carbonyl (C=O) groups is 3. The van der Waals surface area contributed by atoms with E-state index in [1.54, 1.807) is 20.8 Å². The summed E-state index contributed by atoms with van der Waals surface area (Å²) in [6, 6.07) is 0. The smallest absolute Gasteiger partial charge is 0.313 e. The summed E-state index contributed by atoms with van der Waals surface area (Å²) < 4.78 is 9.17. The van der Waals surface area contributed by atoms with Gasteiger partial charge >= 0.3 is 11.9 Å². The van der Waals surface area contributed by atoms with E-state index >= 15 is 0 Å². The first kappa shape index (κ1) is 20.9. The van der Waals surface area contributed by atoms with Crippen LogP contribution in [0.3, 0.4) is 0 Å². The molecule has 0 bridgehead atoms. The SMILES string of the molecule is CCOC(=O)CC(=O)CC.CCOC(=O)C[C@H](O)CC. The molecule has 0 aliphatic heterocycles.